The van der Waals surface area contributed by atoms with Crippen LogP contribution in [0.5, 0.6) is 0 Å². The molecule has 2 rings (SSSR count). The number of aromatic carboxylic acids is 1. The Kier molecular flexibility index (Phi) is 1.26. The minimum absolute atomic E-state index is 0.113. The molecule has 0 saturated heterocycles. The van der Waals surface area contributed by atoms with Crippen LogP contribution in [0, 0.1) is 0 Å². The number of carbonyl (C=O) groups is 1. The third-order valence-corrected chi connectivity index (χ3v) is 1.40. The minimum atomic E-state index is -1.02. The lowest BCUT2D eigenvalue weighted by atomic mass is 10.3. The molecular weight excluding hydrogens is 160 g/mol. The van der Waals surface area contributed by atoms with Crippen molar-refractivity contribution < 1.29 is 9.90 Å². The zero-order valence-corrected chi connectivity index (χ0v) is 5.88. The quantitative estimate of drug-likeness (QED) is 0.632. The number of rotatable bonds is 1. The van der Waals surface area contributed by atoms with Crippen LogP contribution in [-0.2, 0) is 0 Å². The molecule has 2 aromatic heterocycles. The van der Waals surface area contributed by atoms with Gasteiger partial charge in [0.15, 0.2) is 0 Å². The normalized spacial score (nSPS) is 10.3. The molecule has 0 aromatic carbocycles. The van der Waals surface area contributed by atoms with Gasteiger partial charge >= 0.3 is 5.97 Å². The van der Waals surface area contributed by atoms with E-state index in [0.29, 0.717) is 5.78 Å². The molecule has 6 nitrogen and oxygen atoms in total. The SMILES string of the molecule is O=C(O)c1cnc2nncn2c1. The van der Waals surface area contributed by atoms with E-state index in [4.69, 9.17) is 5.11 Å². The number of hydrogen-bond donors (Lipinski definition) is 1. The number of hydrogen-bond acceptors (Lipinski definition) is 4. The van der Waals surface area contributed by atoms with Crippen LogP contribution in [0.2, 0.25) is 0 Å². The summed E-state index contributed by atoms with van der Waals surface area (Å²) in [7, 11) is 0. The van der Waals surface area contributed by atoms with Crippen molar-refractivity contribution in [2.75, 3.05) is 0 Å². The van der Waals surface area contributed by atoms with E-state index in [2.05, 4.69) is 15.2 Å². The van der Waals surface area contributed by atoms with Gasteiger partial charge in [-0.3, -0.25) is 4.40 Å². The Morgan fingerprint density at radius 3 is 3.17 bits per heavy atom. The Hall–Kier alpha value is -1.98. The lowest BCUT2D eigenvalue weighted by Crippen LogP contribution is -1.99. The standard InChI is InChI=1S/C6H4N4O2/c11-5(12)4-1-7-6-9-8-3-10(6)2-4/h1-3H,(H,11,12). The van der Waals surface area contributed by atoms with Crippen molar-refractivity contribution in [2.24, 2.45) is 0 Å². The van der Waals surface area contributed by atoms with Gasteiger partial charge in [0.25, 0.3) is 5.78 Å². The molecular formula is C6H4N4O2. The highest BCUT2D eigenvalue weighted by molar-refractivity contribution is 5.86. The number of carboxylic acids is 1. The maximum atomic E-state index is 10.5. The van der Waals surface area contributed by atoms with Crippen molar-refractivity contribution in [3.8, 4) is 0 Å². The predicted molar refractivity (Wildman–Crippen MR) is 37.7 cm³/mol. The average molecular weight is 164 g/mol. The Balaban J connectivity index is 2.68. The van der Waals surface area contributed by atoms with Gasteiger partial charge in [-0.05, 0) is 0 Å². The maximum absolute atomic E-state index is 10.5. The lowest BCUT2D eigenvalue weighted by molar-refractivity contribution is 0.0696. The Labute approximate surface area is 66.5 Å². The first-order valence-electron chi connectivity index (χ1n) is 3.16. The van der Waals surface area contributed by atoms with E-state index < -0.39 is 5.97 Å². The molecule has 0 radical (unpaired) electrons. The van der Waals surface area contributed by atoms with Gasteiger partial charge in [-0.1, -0.05) is 0 Å². The molecule has 0 fully saturated rings. The average Bonchev–Trinajstić information content (AvgIpc) is 2.49. The second kappa shape index (κ2) is 2.26. The summed E-state index contributed by atoms with van der Waals surface area (Å²) in [5.74, 6) is -0.627. The highest BCUT2D eigenvalue weighted by Crippen LogP contribution is 1.98. The van der Waals surface area contributed by atoms with E-state index in [1.165, 1.54) is 23.1 Å². The van der Waals surface area contributed by atoms with Crippen molar-refractivity contribution in [3.63, 3.8) is 0 Å². The van der Waals surface area contributed by atoms with Crippen LogP contribution in [0.4, 0.5) is 0 Å². The van der Waals surface area contributed by atoms with Gasteiger partial charge in [0.1, 0.15) is 6.33 Å². The molecule has 0 aliphatic carbocycles. The van der Waals surface area contributed by atoms with Crippen molar-refractivity contribution >= 4 is 11.7 Å². The summed E-state index contributed by atoms with van der Waals surface area (Å²) in [6.07, 6.45) is 4.05. The van der Waals surface area contributed by atoms with Gasteiger partial charge in [0.2, 0.25) is 0 Å². The molecule has 0 unspecified atom stereocenters. The molecule has 60 valence electrons. The number of carboxylic acid groups (broad SMARTS) is 1. The maximum Gasteiger partial charge on any atom is 0.338 e. The highest BCUT2D eigenvalue weighted by atomic mass is 16.4. The first kappa shape index (κ1) is 6.71. The largest absolute Gasteiger partial charge is 0.478 e. The van der Waals surface area contributed by atoms with Gasteiger partial charge in [-0.25, -0.2) is 9.78 Å². The van der Waals surface area contributed by atoms with Crippen LogP contribution in [0.3, 0.4) is 0 Å². The molecule has 0 aliphatic heterocycles. The first-order chi connectivity index (χ1) is 5.77. The third-order valence-electron chi connectivity index (χ3n) is 1.40. The third kappa shape index (κ3) is 0.895. The van der Waals surface area contributed by atoms with Gasteiger partial charge < -0.3 is 5.11 Å². The van der Waals surface area contributed by atoms with Crippen LogP contribution >= 0.6 is 0 Å². The molecule has 0 spiro atoms. The van der Waals surface area contributed by atoms with Gasteiger partial charge in [0.05, 0.1) is 5.56 Å². The molecule has 12 heavy (non-hydrogen) atoms. The van der Waals surface area contributed by atoms with E-state index >= 15 is 0 Å². The Morgan fingerprint density at radius 1 is 1.58 bits per heavy atom. The fourth-order valence-electron chi connectivity index (χ4n) is 0.841. The van der Waals surface area contributed by atoms with E-state index in [0.717, 1.165) is 0 Å². The van der Waals surface area contributed by atoms with Gasteiger partial charge in [-0.2, -0.15) is 0 Å². The summed E-state index contributed by atoms with van der Waals surface area (Å²) < 4.78 is 1.45. The summed E-state index contributed by atoms with van der Waals surface area (Å²) in [5.41, 5.74) is 0.113. The molecule has 1 N–H and O–H groups in total. The minimum Gasteiger partial charge on any atom is -0.478 e. The zero-order valence-electron chi connectivity index (χ0n) is 5.88. The lowest BCUT2D eigenvalue weighted by Gasteiger charge is -1.93. The van der Waals surface area contributed by atoms with E-state index in [-0.39, 0.29) is 5.56 Å². The fourth-order valence-corrected chi connectivity index (χ4v) is 0.841. The second-order valence-corrected chi connectivity index (χ2v) is 2.19. The molecule has 6 heteroatoms. The van der Waals surface area contributed by atoms with Crippen LogP contribution in [0.15, 0.2) is 18.7 Å². The summed E-state index contributed by atoms with van der Waals surface area (Å²) in [4.78, 5) is 14.2. The molecule has 0 atom stereocenters. The zero-order chi connectivity index (χ0) is 8.55. The van der Waals surface area contributed by atoms with Crippen LogP contribution in [-0.4, -0.2) is 30.7 Å². The Bertz CT molecular complexity index is 436. The molecule has 2 aromatic rings. The summed E-state index contributed by atoms with van der Waals surface area (Å²) in [6, 6.07) is 0. The molecule has 0 bridgehead atoms. The fraction of sp³-hybridized carbons (Fsp3) is 0. The molecule has 0 amide bonds. The molecule has 0 saturated carbocycles. The number of aromatic nitrogens is 4. The second-order valence-electron chi connectivity index (χ2n) is 2.19. The van der Waals surface area contributed by atoms with Gasteiger partial charge in [0, 0.05) is 12.4 Å². The highest BCUT2D eigenvalue weighted by Gasteiger charge is 2.04. The van der Waals surface area contributed by atoms with Crippen LogP contribution in [0.25, 0.3) is 5.78 Å². The monoisotopic (exact) mass is 164 g/mol. The van der Waals surface area contributed by atoms with Crippen molar-refractivity contribution in [1.29, 1.82) is 0 Å². The topological polar surface area (TPSA) is 80.4 Å². The first-order valence-corrected chi connectivity index (χ1v) is 3.16. The van der Waals surface area contributed by atoms with Crippen molar-refractivity contribution in [2.45, 2.75) is 0 Å². The van der Waals surface area contributed by atoms with E-state index in [9.17, 15) is 4.79 Å². The number of nitrogens with zero attached hydrogens (tertiary/aromatic N) is 4. The van der Waals surface area contributed by atoms with Crippen molar-refractivity contribution in [3.05, 3.63) is 24.3 Å². The molecule has 0 aliphatic rings. The van der Waals surface area contributed by atoms with Crippen molar-refractivity contribution in [1.82, 2.24) is 19.6 Å². The summed E-state index contributed by atoms with van der Waals surface area (Å²) in [5, 5.41) is 15.8. The van der Waals surface area contributed by atoms with Crippen LogP contribution in [0.1, 0.15) is 10.4 Å². The van der Waals surface area contributed by atoms with E-state index in [1.54, 1.807) is 0 Å². The molecule has 2 heterocycles. The summed E-state index contributed by atoms with van der Waals surface area (Å²) in [6.45, 7) is 0. The van der Waals surface area contributed by atoms with Gasteiger partial charge in [-0.15, -0.1) is 10.2 Å². The summed E-state index contributed by atoms with van der Waals surface area (Å²) >= 11 is 0. The Morgan fingerprint density at radius 2 is 2.42 bits per heavy atom. The smallest absolute Gasteiger partial charge is 0.338 e. The predicted octanol–water partition coefficient (Wildman–Crippen LogP) is -0.178. The van der Waals surface area contributed by atoms with E-state index in [1.807, 2.05) is 0 Å². The van der Waals surface area contributed by atoms with Crippen LogP contribution < -0.4 is 0 Å². The number of fused-ring (bicyclic) bond motifs is 1.